The SMILES string of the molecule is CCCC(=O)Nc1[nH]nc2ncccc12. The Morgan fingerprint density at radius 2 is 2.47 bits per heavy atom. The summed E-state index contributed by atoms with van der Waals surface area (Å²) in [6, 6.07) is 3.68. The minimum Gasteiger partial charge on any atom is -0.311 e. The highest BCUT2D eigenvalue weighted by Crippen LogP contribution is 2.17. The van der Waals surface area contributed by atoms with Crippen molar-refractivity contribution in [2.24, 2.45) is 0 Å². The van der Waals surface area contributed by atoms with Crippen LogP contribution in [0, 0.1) is 0 Å². The van der Waals surface area contributed by atoms with Crippen molar-refractivity contribution in [3.63, 3.8) is 0 Å². The molecule has 0 bridgehead atoms. The Balaban J connectivity index is 2.25. The van der Waals surface area contributed by atoms with Crippen molar-refractivity contribution in [2.75, 3.05) is 5.32 Å². The number of nitrogens with one attached hydrogen (secondary N) is 2. The van der Waals surface area contributed by atoms with E-state index < -0.39 is 0 Å². The summed E-state index contributed by atoms with van der Waals surface area (Å²) in [5.41, 5.74) is 0.615. The summed E-state index contributed by atoms with van der Waals surface area (Å²) in [7, 11) is 0. The molecular formula is C10H12N4O. The highest BCUT2D eigenvalue weighted by molar-refractivity contribution is 5.98. The molecule has 0 aromatic carbocycles. The van der Waals surface area contributed by atoms with Crippen LogP contribution in [0.2, 0.25) is 0 Å². The fraction of sp³-hybridized carbons (Fsp3) is 0.300. The monoisotopic (exact) mass is 204 g/mol. The lowest BCUT2D eigenvalue weighted by Gasteiger charge is -2.00. The number of rotatable bonds is 3. The molecule has 0 radical (unpaired) electrons. The summed E-state index contributed by atoms with van der Waals surface area (Å²) in [5, 5.41) is 10.3. The molecule has 0 saturated heterocycles. The lowest BCUT2D eigenvalue weighted by Crippen LogP contribution is -2.10. The van der Waals surface area contributed by atoms with Gasteiger partial charge in [0.2, 0.25) is 5.91 Å². The van der Waals surface area contributed by atoms with Crippen molar-refractivity contribution in [3.05, 3.63) is 18.3 Å². The van der Waals surface area contributed by atoms with Gasteiger partial charge >= 0.3 is 0 Å². The third-order valence-electron chi connectivity index (χ3n) is 2.07. The van der Waals surface area contributed by atoms with Gasteiger partial charge in [0.05, 0.1) is 5.39 Å². The molecule has 0 aliphatic carbocycles. The highest BCUT2D eigenvalue weighted by Gasteiger charge is 2.07. The fourth-order valence-corrected chi connectivity index (χ4v) is 1.37. The van der Waals surface area contributed by atoms with E-state index in [4.69, 9.17) is 0 Å². The number of aromatic amines is 1. The van der Waals surface area contributed by atoms with Gasteiger partial charge < -0.3 is 5.32 Å². The van der Waals surface area contributed by atoms with Gasteiger partial charge in [0, 0.05) is 12.6 Å². The zero-order valence-electron chi connectivity index (χ0n) is 8.45. The minimum absolute atomic E-state index is 0.00750. The molecule has 2 rings (SSSR count). The Morgan fingerprint density at radius 1 is 1.60 bits per heavy atom. The van der Waals surface area contributed by atoms with E-state index in [0.29, 0.717) is 17.9 Å². The second-order valence-electron chi connectivity index (χ2n) is 3.27. The lowest BCUT2D eigenvalue weighted by atomic mass is 10.3. The van der Waals surface area contributed by atoms with E-state index >= 15 is 0 Å². The normalized spacial score (nSPS) is 10.5. The second kappa shape index (κ2) is 4.08. The quantitative estimate of drug-likeness (QED) is 0.799. The predicted octanol–water partition coefficient (Wildman–Crippen LogP) is 1.70. The first-order chi connectivity index (χ1) is 7.31. The maximum absolute atomic E-state index is 11.4. The van der Waals surface area contributed by atoms with Crippen LogP contribution in [0.1, 0.15) is 19.8 Å². The molecule has 0 fully saturated rings. The zero-order valence-corrected chi connectivity index (χ0v) is 8.45. The molecule has 0 aliphatic heterocycles. The number of carbonyl (C=O) groups is 1. The van der Waals surface area contributed by atoms with Gasteiger partial charge in [0.25, 0.3) is 0 Å². The van der Waals surface area contributed by atoms with E-state index in [1.165, 1.54) is 0 Å². The van der Waals surface area contributed by atoms with E-state index in [0.717, 1.165) is 11.8 Å². The molecule has 15 heavy (non-hydrogen) atoms. The Morgan fingerprint density at radius 3 is 3.27 bits per heavy atom. The van der Waals surface area contributed by atoms with Crippen LogP contribution in [-0.4, -0.2) is 21.1 Å². The maximum Gasteiger partial charge on any atom is 0.225 e. The van der Waals surface area contributed by atoms with Crippen LogP contribution in [0.5, 0.6) is 0 Å². The van der Waals surface area contributed by atoms with E-state index in [9.17, 15) is 4.79 Å². The van der Waals surface area contributed by atoms with Gasteiger partial charge in [-0.1, -0.05) is 6.92 Å². The number of carbonyl (C=O) groups excluding carboxylic acids is 1. The maximum atomic E-state index is 11.4. The van der Waals surface area contributed by atoms with Gasteiger partial charge in [-0.25, -0.2) is 4.98 Å². The van der Waals surface area contributed by atoms with Gasteiger partial charge in [-0.2, -0.15) is 5.10 Å². The molecule has 2 heterocycles. The lowest BCUT2D eigenvalue weighted by molar-refractivity contribution is -0.116. The molecule has 1 amide bonds. The first-order valence-corrected chi connectivity index (χ1v) is 4.90. The third kappa shape index (κ3) is 1.96. The Bertz CT molecular complexity index is 477. The molecule has 0 atom stereocenters. The van der Waals surface area contributed by atoms with Gasteiger partial charge in [0.15, 0.2) is 5.65 Å². The third-order valence-corrected chi connectivity index (χ3v) is 2.07. The summed E-state index contributed by atoms with van der Waals surface area (Å²) in [5.74, 6) is 0.614. The van der Waals surface area contributed by atoms with Crippen LogP contribution < -0.4 is 5.32 Å². The van der Waals surface area contributed by atoms with Crippen molar-refractivity contribution in [2.45, 2.75) is 19.8 Å². The second-order valence-corrected chi connectivity index (χ2v) is 3.27. The summed E-state index contributed by atoms with van der Waals surface area (Å²) < 4.78 is 0. The van der Waals surface area contributed by atoms with E-state index in [1.807, 2.05) is 19.1 Å². The highest BCUT2D eigenvalue weighted by atomic mass is 16.1. The Hall–Kier alpha value is -1.91. The molecule has 78 valence electrons. The van der Waals surface area contributed by atoms with Crippen LogP contribution in [0.25, 0.3) is 11.0 Å². The standard InChI is InChI=1S/C10H12N4O/c1-2-4-8(15)12-10-7-5-3-6-11-9(7)13-14-10/h3,5-6H,2,4H2,1H3,(H2,11,12,13,14,15). The van der Waals surface area contributed by atoms with Crippen molar-refractivity contribution in [3.8, 4) is 0 Å². The van der Waals surface area contributed by atoms with Crippen LogP contribution in [-0.2, 0) is 4.79 Å². The number of amides is 1. The van der Waals surface area contributed by atoms with Crippen molar-refractivity contribution in [1.82, 2.24) is 15.2 Å². The smallest absolute Gasteiger partial charge is 0.225 e. The topological polar surface area (TPSA) is 70.7 Å². The zero-order chi connectivity index (χ0) is 10.7. The van der Waals surface area contributed by atoms with Gasteiger partial charge in [-0.05, 0) is 18.6 Å². The van der Waals surface area contributed by atoms with Crippen LogP contribution in [0.15, 0.2) is 18.3 Å². The number of aromatic nitrogens is 3. The Kier molecular flexibility index (Phi) is 2.62. The largest absolute Gasteiger partial charge is 0.311 e. The van der Waals surface area contributed by atoms with Crippen molar-refractivity contribution < 1.29 is 4.79 Å². The predicted molar refractivity (Wildman–Crippen MR) is 57.4 cm³/mol. The van der Waals surface area contributed by atoms with Crippen molar-refractivity contribution in [1.29, 1.82) is 0 Å². The number of hydrogen-bond donors (Lipinski definition) is 2. The summed E-state index contributed by atoms with van der Waals surface area (Å²) >= 11 is 0. The molecule has 0 saturated carbocycles. The molecule has 0 aliphatic rings. The summed E-state index contributed by atoms with van der Waals surface area (Å²) in [6.45, 7) is 1.96. The van der Waals surface area contributed by atoms with Crippen LogP contribution >= 0.6 is 0 Å². The molecular weight excluding hydrogens is 192 g/mol. The fourth-order valence-electron chi connectivity index (χ4n) is 1.37. The molecule has 0 unspecified atom stereocenters. The average molecular weight is 204 g/mol. The molecule has 2 N–H and O–H groups in total. The van der Waals surface area contributed by atoms with Crippen molar-refractivity contribution >= 4 is 22.8 Å². The van der Waals surface area contributed by atoms with E-state index in [1.54, 1.807) is 6.20 Å². The van der Waals surface area contributed by atoms with Gasteiger partial charge in [0.1, 0.15) is 5.82 Å². The first-order valence-electron chi connectivity index (χ1n) is 4.90. The molecule has 0 spiro atoms. The molecule has 5 nitrogen and oxygen atoms in total. The number of anilines is 1. The van der Waals surface area contributed by atoms with Crippen LogP contribution in [0.3, 0.4) is 0 Å². The summed E-state index contributed by atoms with van der Waals surface area (Å²) in [4.78, 5) is 15.4. The first kappa shape index (κ1) is 9.64. The molecule has 2 aromatic heterocycles. The number of H-pyrrole nitrogens is 1. The Labute approximate surface area is 86.9 Å². The number of nitrogens with zero attached hydrogens (tertiary/aromatic N) is 2. The van der Waals surface area contributed by atoms with Gasteiger partial charge in [-0.3, -0.25) is 9.89 Å². The van der Waals surface area contributed by atoms with E-state index in [-0.39, 0.29) is 5.91 Å². The number of hydrogen-bond acceptors (Lipinski definition) is 3. The van der Waals surface area contributed by atoms with Gasteiger partial charge in [-0.15, -0.1) is 0 Å². The number of fused-ring (bicyclic) bond motifs is 1. The van der Waals surface area contributed by atoms with Crippen LogP contribution in [0.4, 0.5) is 5.82 Å². The summed E-state index contributed by atoms with van der Waals surface area (Å²) in [6.07, 6.45) is 3.01. The molecule has 2 aromatic rings. The molecule has 5 heteroatoms. The minimum atomic E-state index is -0.00750. The average Bonchev–Trinajstić information content (AvgIpc) is 2.62. The van der Waals surface area contributed by atoms with E-state index in [2.05, 4.69) is 20.5 Å². The number of pyridine rings is 1.